The lowest BCUT2D eigenvalue weighted by atomic mass is 10.0. The zero-order valence-electron chi connectivity index (χ0n) is 21.2. The molecule has 1 heterocycles. The number of alkyl halides is 1. The predicted octanol–water partition coefficient (Wildman–Crippen LogP) is 8.15. The summed E-state index contributed by atoms with van der Waals surface area (Å²) in [6.07, 6.45) is 13.2. The van der Waals surface area contributed by atoms with E-state index in [0.717, 1.165) is 23.1 Å². The number of halogens is 1. The molecule has 186 valence electrons. The van der Waals surface area contributed by atoms with E-state index in [1.54, 1.807) is 24.5 Å². The van der Waals surface area contributed by atoms with Crippen LogP contribution in [0.4, 0.5) is 4.39 Å². The second-order valence-corrected chi connectivity index (χ2v) is 9.37. The quantitative estimate of drug-likeness (QED) is 0.142. The van der Waals surface area contributed by atoms with Crippen molar-refractivity contribution in [2.75, 3.05) is 0 Å². The minimum atomic E-state index is -1.98. The van der Waals surface area contributed by atoms with Crippen molar-refractivity contribution < 1.29 is 13.9 Å². The molecule has 3 rings (SSSR count). The second-order valence-electron chi connectivity index (χ2n) is 9.37. The van der Waals surface area contributed by atoms with Gasteiger partial charge < -0.3 is 4.74 Å². The van der Waals surface area contributed by atoms with Crippen LogP contribution >= 0.6 is 0 Å². The van der Waals surface area contributed by atoms with Crippen molar-refractivity contribution in [3.63, 3.8) is 0 Å². The number of hydrogen-bond acceptors (Lipinski definition) is 4. The Morgan fingerprint density at radius 1 is 0.800 bits per heavy atom. The monoisotopic (exact) mass is 476 g/mol. The zero-order valence-corrected chi connectivity index (χ0v) is 21.2. The Kier molecular flexibility index (Phi) is 9.95. The number of ether oxygens (including phenoxy) is 1. The summed E-state index contributed by atoms with van der Waals surface area (Å²) in [5.41, 5.74) is 2.11. The summed E-state index contributed by atoms with van der Waals surface area (Å²) in [6.45, 7) is 5.34. The van der Waals surface area contributed by atoms with E-state index in [4.69, 9.17) is 4.74 Å². The summed E-state index contributed by atoms with van der Waals surface area (Å²) in [6, 6.07) is 15.4. The van der Waals surface area contributed by atoms with E-state index in [-0.39, 0.29) is 6.42 Å². The highest BCUT2D eigenvalue weighted by Gasteiger charge is 2.34. The third-order valence-electron chi connectivity index (χ3n) is 6.23. The van der Waals surface area contributed by atoms with Crippen molar-refractivity contribution in [1.82, 2.24) is 9.97 Å². The first-order chi connectivity index (χ1) is 16.9. The molecule has 1 atom stereocenters. The summed E-state index contributed by atoms with van der Waals surface area (Å²) < 4.78 is 19.5. The highest BCUT2D eigenvalue weighted by atomic mass is 19.1. The molecule has 1 aromatic heterocycles. The summed E-state index contributed by atoms with van der Waals surface area (Å²) in [7, 11) is 0. The molecule has 0 fully saturated rings. The number of carbonyl (C=O) groups excluding carboxylic acids is 1. The van der Waals surface area contributed by atoms with Crippen LogP contribution < -0.4 is 4.74 Å². The van der Waals surface area contributed by atoms with Crippen LogP contribution in [0, 0.1) is 0 Å². The maximum Gasteiger partial charge on any atom is 0.348 e. The van der Waals surface area contributed by atoms with Crippen LogP contribution in [0.15, 0.2) is 60.9 Å². The molecule has 0 aliphatic carbocycles. The van der Waals surface area contributed by atoms with Gasteiger partial charge in [0.25, 0.3) is 0 Å². The summed E-state index contributed by atoms with van der Waals surface area (Å²) in [5.74, 6) is 0.138. The molecule has 1 unspecified atom stereocenters. The van der Waals surface area contributed by atoms with E-state index in [0.29, 0.717) is 18.0 Å². The first kappa shape index (κ1) is 26.5. The van der Waals surface area contributed by atoms with Gasteiger partial charge in [-0.1, -0.05) is 88.8 Å². The number of carbonyl (C=O) groups is 1. The molecular formula is C30H37FN2O2. The number of benzene rings is 2. The Balaban J connectivity index is 1.55. The van der Waals surface area contributed by atoms with E-state index in [1.807, 2.05) is 19.1 Å². The normalized spacial score (nSPS) is 12.8. The third kappa shape index (κ3) is 7.98. The first-order valence-electron chi connectivity index (χ1n) is 12.9. The number of unbranched alkanes of at least 4 members (excludes halogenated alkanes) is 5. The summed E-state index contributed by atoms with van der Waals surface area (Å²) >= 11 is 0. The molecule has 3 aromatic rings. The lowest BCUT2D eigenvalue weighted by Gasteiger charge is -2.17. The molecule has 5 heteroatoms. The molecule has 0 N–H and O–H groups in total. The summed E-state index contributed by atoms with van der Waals surface area (Å²) in [5, 5.41) is 0. The highest BCUT2D eigenvalue weighted by Crippen LogP contribution is 2.26. The van der Waals surface area contributed by atoms with Gasteiger partial charge in [-0.25, -0.2) is 19.2 Å². The Labute approximate surface area is 209 Å². The smallest absolute Gasteiger partial charge is 0.348 e. The lowest BCUT2D eigenvalue weighted by molar-refractivity contribution is -0.147. The highest BCUT2D eigenvalue weighted by molar-refractivity contribution is 5.81. The standard InChI is InChI=1S/C30H37FN2O2/c1-4-6-7-8-9-10-11-23-12-14-25(15-13-23)28-32-21-26(22-33-28)24-16-18-27(19-17-24)35-29(34)30(3,31)20-5-2/h12-19,21-22H,4-11,20H2,1-3H3. The van der Waals surface area contributed by atoms with Crippen LogP contribution in [0.2, 0.25) is 0 Å². The molecule has 4 nitrogen and oxygen atoms in total. The largest absolute Gasteiger partial charge is 0.424 e. The topological polar surface area (TPSA) is 52.1 Å². The van der Waals surface area contributed by atoms with Crippen molar-refractivity contribution in [3.8, 4) is 28.3 Å². The van der Waals surface area contributed by atoms with Gasteiger partial charge in [-0.2, -0.15) is 0 Å². The van der Waals surface area contributed by atoms with Crippen LogP contribution in [0.5, 0.6) is 5.75 Å². The zero-order chi connectivity index (χ0) is 25.1. The molecule has 0 aliphatic rings. The fraction of sp³-hybridized carbons (Fsp3) is 0.433. The molecule has 2 aromatic carbocycles. The molecule has 0 saturated carbocycles. The molecular weight excluding hydrogens is 439 g/mol. The number of hydrogen-bond donors (Lipinski definition) is 0. The fourth-order valence-electron chi connectivity index (χ4n) is 4.06. The molecule has 0 spiro atoms. The Bertz CT molecular complexity index is 1050. The maximum absolute atomic E-state index is 14.3. The van der Waals surface area contributed by atoms with Crippen LogP contribution in [-0.2, 0) is 11.2 Å². The first-order valence-corrected chi connectivity index (χ1v) is 12.9. The second kappa shape index (κ2) is 13.1. The van der Waals surface area contributed by atoms with Crippen molar-refractivity contribution in [1.29, 1.82) is 0 Å². The average Bonchev–Trinajstić information content (AvgIpc) is 2.87. The van der Waals surface area contributed by atoms with Gasteiger partial charge in [-0.15, -0.1) is 0 Å². The van der Waals surface area contributed by atoms with Crippen molar-refractivity contribution in [3.05, 3.63) is 66.5 Å². The van der Waals surface area contributed by atoms with Gasteiger partial charge in [0.05, 0.1) is 0 Å². The third-order valence-corrected chi connectivity index (χ3v) is 6.23. The fourth-order valence-corrected chi connectivity index (χ4v) is 4.06. The van der Waals surface area contributed by atoms with E-state index in [2.05, 4.69) is 41.2 Å². The van der Waals surface area contributed by atoms with Gasteiger partial charge in [-0.3, -0.25) is 0 Å². The Hall–Kier alpha value is -3.08. The minimum Gasteiger partial charge on any atom is -0.424 e. The average molecular weight is 477 g/mol. The Morgan fingerprint density at radius 3 is 2.03 bits per heavy atom. The summed E-state index contributed by atoms with van der Waals surface area (Å²) in [4.78, 5) is 21.1. The number of nitrogens with zero attached hydrogens (tertiary/aromatic N) is 2. The maximum atomic E-state index is 14.3. The van der Waals surface area contributed by atoms with Crippen molar-refractivity contribution in [2.45, 2.75) is 84.2 Å². The molecule has 0 aliphatic heterocycles. The van der Waals surface area contributed by atoms with E-state index >= 15 is 0 Å². The van der Waals surface area contributed by atoms with Crippen molar-refractivity contribution >= 4 is 5.97 Å². The van der Waals surface area contributed by atoms with Gasteiger partial charge in [-0.05, 0) is 49.4 Å². The van der Waals surface area contributed by atoms with Crippen LogP contribution in [0.3, 0.4) is 0 Å². The van der Waals surface area contributed by atoms with Crippen LogP contribution in [-0.4, -0.2) is 21.6 Å². The van der Waals surface area contributed by atoms with E-state index < -0.39 is 11.6 Å². The molecule has 0 radical (unpaired) electrons. The Morgan fingerprint density at radius 2 is 1.40 bits per heavy atom. The van der Waals surface area contributed by atoms with Crippen LogP contribution in [0.1, 0.15) is 77.7 Å². The molecule has 0 bridgehead atoms. The molecule has 0 saturated heterocycles. The van der Waals surface area contributed by atoms with Gasteiger partial charge in [0.15, 0.2) is 5.82 Å². The van der Waals surface area contributed by atoms with Crippen molar-refractivity contribution in [2.24, 2.45) is 0 Å². The number of aromatic nitrogens is 2. The van der Waals surface area contributed by atoms with Gasteiger partial charge >= 0.3 is 5.97 Å². The van der Waals surface area contributed by atoms with Gasteiger partial charge in [0.2, 0.25) is 5.67 Å². The van der Waals surface area contributed by atoms with E-state index in [1.165, 1.54) is 51.0 Å². The number of rotatable bonds is 13. The molecule has 35 heavy (non-hydrogen) atoms. The van der Waals surface area contributed by atoms with Gasteiger partial charge in [0, 0.05) is 23.5 Å². The molecule has 0 amide bonds. The number of esters is 1. The lowest BCUT2D eigenvalue weighted by Crippen LogP contribution is -2.34. The van der Waals surface area contributed by atoms with E-state index in [9.17, 15) is 9.18 Å². The SMILES string of the molecule is CCCCCCCCc1ccc(-c2ncc(-c3ccc(OC(=O)C(C)(F)CCC)cc3)cn2)cc1. The predicted molar refractivity (Wildman–Crippen MR) is 140 cm³/mol. The van der Waals surface area contributed by atoms with Crippen LogP contribution in [0.25, 0.3) is 22.5 Å². The minimum absolute atomic E-state index is 0.134. The number of aryl methyl sites for hydroxylation is 1. The van der Waals surface area contributed by atoms with Gasteiger partial charge in [0.1, 0.15) is 5.75 Å².